The van der Waals surface area contributed by atoms with Gasteiger partial charge in [-0.3, -0.25) is 30.3 Å². The standard InChI is InChI=1S/C8H7N3O6/c12-9(13)6-8(10(14)15,11(16)17)7-4-2-1-3-5-7/h1-5H,6H2. The van der Waals surface area contributed by atoms with E-state index in [1.165, 1.54) is 18.2 Å². The molecule has 0 aliphatic heterocycles. The van der Waals surface area contributed by atoms with Crippen LogP contribution in [0.15, 0.2) is 30.3 Å². The van der Waals surface area contributed by atoms with Gasteiger partial charge >= 0.3 is 12.2 Å². The van der Waals surface area contributed by atoms with Gasteiger partial charge in [0, 0.05) is 4.92 Å². The summed E-state index contributed by atoms with van der Waals surface area (Å²) in [5.41, 5.74) is -3.27. The zero-order chi connectivity index (χ0) is 13.1. The van der Waals surface area contributed by atoms with Crippen molar-refractivity contribution in [2.24, 2.45) is 0 Å². The van der Waals surface area contributed by atoms with Crippen LogP contribution in [-0.2, 0) is 5.66 Å². The summed E-state index contributed by atoms with van der Waals surface area (Å²) in [6, 6.07) is 6.43. The van der Waals surface area contributed by atoms with Gasteiger partial charge in [-0.05, 0) is 12.1 Å². The van der Waals surface area contributed by atoms with Crippen molar-refractivity contribution in [2.45, 2.75) is 5.66 Å². The van der Waals surface area contributed by atoms with Crippen LogP contribution in [0, 0.1) is 30.3 Å². The Morgan fingerprint density at radius 3 is 1.76 bits per heavy atom. The highest BCUT2D eigenvalue weighted by atomic mass is 16.7. The summed E-state index contributed by atoms with van der Waals surface area (Å²) in [6.07, 6.45) is 0. The van der Waals surface area contributed by atoms with E-state index in [1.807, 2.05) is 0 Å². The molecule has 90 valence electrons. The smallest absolute Gasteiger partial charge is 0.264 e. The Hall–Kier alpha value is -2.58. The molecule has 0 unspecified atom stereocenters. The third kappa shape index (κ3) is 2.17. The predicted octanol–water partition coefficient (Wildman–Crippen LogP) is 0.669. The molecule has 0 N–H and O–H groups in total. The minimum absolute atomic E-state index is 0.327. The lowest BCUT2D eigenvalue weighted by atomic mass is 10.0. The second kappa shape index (κ2) is 4.51. The largest absolute Gasteiger partial charge is 0.546 e. The summed E-state index contributed by atoms with van der Waals surface area (Å²) in [6.45, 7) is -1.41. The first-order valence-corrected chi connectivity index (χ1v) is 4.37. The Morgan fingerprint density at radius 1 is 0.941 bits per heavy atom. The van der Waals surface area contributed by atoms with E-state index >= 15 is 0 Å². The molecule has 1 aromatic carbocycles. The maximum Gasteiger partial charge on any atom is 0.546 e. The second-order valence-corrected chi connectivity index (χ2v) is 3.19. The Labute approximate surface area is 94.1 Å². The van der Waals surface area contributed by atoms with Gasteiger partial charge in [-0.25, -0.2) is 0 Å². The van der Waals surface area contributed by atoms with Gasteiger partial charge in [0.2, 0.25) is 0 Å². The van der Waals surface area contributed by atoms with Gasteiger partial charge in [-0.2, -0.15) is 0 Å². The summed E-state index contributed by atoms with van der Waals surface area (Å²) in [5.74, 6) is 0. The zero-order valence-electron chi connectivity index (χ0n) is 8.38. The summed E-state index contributed by atoms with van der Waals surface area (Å²) in [5, 5.41) is 32.1. The summed E-state index contributed by atoms with van der Waals surface area (Å²) >= 11 is 0. The molecule has 0 aromatic heterocycles. The van der Waals surface area contributed by atoms with Crippen LogP contribution >= 0.6 is 0 Å². The van der Waals surface area contributed by atoms with Gasteiger partial charge < -0.3 is 0 Å². The molecule has 0 atom stereocenters. The van der Waals surface area contributed by atoms with E-state index < -0.39 is 27.0 Å². The fourth-order valence-electron chi connectivity index (χ4n) is 1.37. The monoisotopic (exact) mass is 241 g/mol. The van der Waals surface area contributed by atoms with Crippen molar-refractivity contribution >= 4 is 0 Å². The predicted molar refractivity (Wildman–Crippen MR) is 54.0 cm³/mol. The molecule has 0 aliphatic rings. The SMILES string of the molecule is O=[N+]([O-])CC(c1ccccc1)([N+](=O)[O-])[N+](=O)[O-]. The first-order chi connectivity index (χ1) is 7.91. The summed E-state index contributed by atoms with van der Waals surface area (Å²) in [7, 11) is 0. The third-order valence-electron chi connectivity index (χ3n) is 2.19. The van der Waals surface area contributed by atoms with Crippen LogP contribution in [0.4, 0.5) is 0 Å². The lowest BCUT2D eigenvalue weighted by Gasteiger charge is -2.13. The van der Waals surface area contributed by atoms with Crippen molar-refractivity contribution in [2.75, 3.05) is 6.54 Å². The van der Waals surface area contributed by atoms with Crippen LogP contribution in [0.25, 0.3) is 0 Å². The molecule has 0 heterocycles. The first kappa shape index (κ1) is 12.5. The second-order valence-electron chi connectivity index (χ2n) is 3.19. The normalized spacial score (nSPS) is 10.8. The minimum Gasteiger partial charge on any atom is -0.264 e. The van der Waals surface area contributed by atoms with Gasteiger partial charge in [-0.15, -0.1) is 0 Å². The highest BCUT2D eigenvalue weighted by molar-refractivity contribution is 5.19. The highest BCUT2D eigenvalue weighted by Crippen LogP contribution is 2.25. The summed E-state index contributed by atoms with van der Waals surface area (Å²) < 4.78 is 0. The molecule has 1 aromatic rings. The van der Waals surface area contributed by atoms with Gasteiger partial charge in [0.1, 0.15) is 15.4 Å². The Morgan fingerprint density at radius 2 is 1.41 bits per heavy atom. The van der Waals surface area contributed by atoms with Gasteiger partial charge in [0.15, 0.2) is 0 Å². The Kier molecular flexibility index (Phi) is 3.31. The molecule has 0 radical (unpaired) electrons. The lowest BCUT2D eigenvalue weighted by Crippen LogP contribution is -2.48. The van der Waals surface area contributed by atoms with E-state index in [-0.39, 0.29) is 5.56 Å². The average Bonchev–Trinajstić information content (AvgIpc) is 2.25. The van der Waals surface area contributed by atoms with Crippen molar-refractivity contribution in [3.63, 3.8) is 0 Å². The van der Waals surface area contributed by atoms with E-state index in [9.17, 15) is 30.3 Å². The van der Waals surface area contributed by atoms with Crippen LogP contribution < -0.4 is 0 Å². The molecule has 0 amide bonds. The van der Waals surface area contributed by atoms with Crippen LogP contribution in [0.5, 0.6) is 0 Å². The zero-order valence-corrected chi connectivity index (χ0v) is 8.38. The fraction of sp³-hybridized carbons (Fsp3) is 0.250. The van der Waals surface area contributed by atoms with Gasteiger partial charge in [0.25, 0.3) is 0 Å². The molecule has 0 fully saturated rings. The number of nitrogens with zero attached hydrogens (tertiary/aromatic N) is 3. The molecule has 0 saturated carbocycles. The molecule has 0 bridgehead atoms. The van der Waals surface area contributed by atoms with E-state index in [0.29, 0.717) is 0 Å². The molecular formula is C8H7N3O6. The van der Waals surface area contributed by atoms with Crippen molar-refractivity contribution in [1.82, 2.24) is 0 Å². The molecule has 17 heavy (non-hydrogen) atoms. The molecule has 0 saturated heterocycles. The maximum atomic E-state index is 10.9. The van der Waals surface area contributed by atoms with Gasteiger partial charge in [0.05, 0.1) is 0 Å². The molecule has 0 spiro atoms. The van der Waals surface area contributed by atoms with Crippen LogP contribution in [0.1, 0.15) is 5.56 Å². The molecule has 9 nitrogen and oxygen atoms in total. The molecule has 1 rings (SSSR count). The molecule has 9 heteroatoms. The number of hydrogen-bond donors (Lipinski definition) is 0. The topological polar surface area (TPSA) is 129 Å². The average molecular weight is 241 g/mol. The van der Waals surface area contributed by atoms with E-state index in [2.05, 4.69) is 0 Å². The van der Waals surface area contributed by atoms with Crippen molar-refractivity contribution in [3.05, 3.63) is 66.2 Å². The lowest BCUT2D eigenvalue weighted by molar-refractivity contribution is -0.833. The number of nitro groups is 3. The first-order valence-electron chi connectivity index (χ1n) is 4.37. The molecule has 0 aliphatic carbocycles. The highest BCUT2D eigenvalue weighted by Gasteiger charge is 2.63. The van der Waals surface area contributed by atoms with Crippen molar-refractivity contribution in [1.29, 1.82) is 0 Å². The third-order valence-corrected chi connectivity index (χ3v) is 2.19. The number of benzene rings is 1. The van der Waals surface area contributed by atoms with Crippen LogP contribution in [0.3, 0.4) is 0 Å². The van der Waals surface area contributed by atoms with Crippen LogP contribution in [0.2, 0.25) is 0 Å². The Balaban J connectivity index is 3.40. The number of rotatable bonds is 5. The van der Waals surface area contributed by atoms with Crippen molar-refractivity contribution in [3.8, 4) is 0 Å². The summed E-state index contributed by atoms with van der Waals surface area (Å²) in [4.78, 5) is 28.5. The van der Waals surface area contributed by atoms with E-state index in [4.69, 9.17) is 0 Å². The fourth-order valence-corrected chi connectivity index (χ4v) is 1.37. The van der Waals surface area contributed by atoms with Crippen LogP contribution in [-0.4, -0.2) is 21.3 Å². The molecular weight excluding hydrogens is 234 g/mol. The van der Waals surface area contributed by atoms with Gasteiger partial charge in [-0.1, -0.05) is 18.2 Å². The van der Waals surface area contributed by atoms with E-state index in [1.54, 1.807) is 0 Å². The quantitative estimate of drug-likeness (QED) is 0.423. The Bertz CT molecular complexity index is 446. The van der Waals surface area contributed by atoms with E-state index in [0.717, 1.165) is 12.1 Å². The minimum atomic E-state index is -2.94. The number of hydrogen-bond acceptors (Lipinski definition) is 6. The maximum absolute atomic E-state index is 10.9. The van der Waals surface area contributed by atoms with Crippen molar-refractivity contribution < 1.29 is 14.8 Å².